The highest BCUT2D eigenvalue weighted by Gasteiger charge is 2.28. The van der Waals surface area contributed by atoms with Crippen molar-refractivity contribution in [3.63, 3.8) is 0 Å². The summed E-state index contributed by atoms with van der Waals surface area (Å²) >= 11 is 6.33. The Bertz CT molecular complexity index is 782. The van der Waals surface area contributed by atoms with Crippen molar-refractivity contribution in [3.05, 3.63) is 70.7 Å². The quantitative estimate of drug-likeness (QED) is 0.751. The Morgan fingerprint density at radius 3 is 2.63 bits per heavy atom. The summed E-state index contributed by atoms with van der Waals surface area (Å²) in [6.45, 7) is 2.60. The van der Waals surface area contributed by atoms with Crippen molar-refractivity contribution in [2.45, 2.75) is 18.9 Å². The number of nitrogens with one attached hydrogen (secondary N) is 2. The summed E-state index contributed by atoms with van der Waals surface area (Å²) < 4.78 is 0. The monoisotopic (exact) mass is 385 g/mol. The molecule has 2 N–H and O–H groups in total. The normalized spacial score (nSPS) is 16.8. The molecular formula is C21H24ClN3O2. The minimum absolute atomic E-state index is 0.0566. The molecule has 1 atom stereocenters. The lowest BCUT2D eigenvalue weighted by Crippen LogP contribution is -2.48. The predicted octanol–water partition coefficient (Wildman–Crippen LogP) is 3.02. The Balaban J connectivity index is 1.52. The van der Waals surface area contributed by atoms with E-state index in [0.717, 1.165) is 12.1 Å². The maximum absolute atomic E-state index is 12.8. The minimum atomic E-state index is -0.112. The van der Waals surface area contributed by atoms with Crippen molar-refractivity contribution in [2.24, 2.45) is 0 Å². The standard InChI is InChI=1S/C21H24ClN3O2/c22-18-10-5-4-9-17(18)19-15-23-13-14-25(19)20(26)11-6-12-24-21(27)16-7-2-1-3-8-16/h1-5,7-10,19,23H,6,11-15H2,(H,24,27). The molecule has 3 rings (SSSR count). The molecule has 1 saturated heterocycles. The summed E-state index contributed by atoms with van der Waals surface area (Å²) in [5.74, 6) is -0.0189. The van der Waals surface area contributed by atoms with Gasteiger partial charge in [0.25, 0.3) is 5.91 Å². The maximum atomic E-state index is 12.8. The van der Waals surface area contributed by atoms with E-state index in [4.69, 9.17) is 11.6 Å². The predicted molar refractivity (Wildman–Crippen MR) is 107 cm³/mol. The van der Waals surface area contributed by atoms with Crippen LogP contribution in [0.3, 0.4) is 0 Å². The van der Waals surface area contributed by atoms with Crippen LogP contribution in [-0.4, -0.2) is 42.9 Å². The number of rotatable bonds is 6. The number of nitrogens with zero attached hydrogens (tertiary/aromatic N) is 1. The summed E-state index contributed by atoms with van der Waals surface area (Å²) in [7, 11) is 0. The molecule has 27 heavy (non-hydrogen) atoms. The highest BCUT2D eigenvalue weighted by Crippen LogP contribution is 2.29. The molecule has 0 spiro atoms. The Morgan fingerprint density at radius 1 is 1.11 bits per heavy atom. The van der Waals surface area contributed by atoms with Crippen molar-refractivity contribution in [1.29, 1.82) is 0 Å². The second kappa shape index (κ2) is 9.53. The third kappa shape index (κ3) is 5.08. The van der Waals surface area contributed by atoms with E-state index in [0.29, 0.717) is 43.1 Å². The van der Waals surface area contributed by atoms with Crippen molar-refractivity contribution in [3.8, 4) is 0 Å². The molecule has 0 aromatic heterocycles. The van der Waals surface area contributed by atoms with Crippen molar-refractivity contribution < 1.29 is 9.59 Å². The molecule has 0 bridgehead atoms. The Kier molecular flexibility index (Phi) is 6.85. The first-order chi connectivity index (χ1) is 13.2. The first-order valence-corrected chi connectivity index (χ1v) is 9.62. The van der Waals surface area contributed by atoms with Gasteiger partial charge in [0, 0.05) is 43.2 Å². The zero-order chi connectivity index (χ0) is 19.1. The van der Waals surface area contributed by atoms with Crippen LogP contribution in [0.4, 0.5) is 0 Å². The molecule has 6 heteroatoms. The Hall–Kier alpha value is -2.37. The number of carbonyl (C=O) groups is 2. The number of benzene rings is 2. The Morgan fingerprint density at radius 2 is 1.85 bits per heavy atom. The molecular weight excluding hydrogens is 362 g/mol. The van der Waals surface area contributed by atoms with Gasteiger partial charge in [0.2, 0.25) is 5.91 Å². The number of amides is 2. The lowest BCUT2D eigenvalue weighted by molar-refractivity contribution is -0.134. The zero-order valence-electron chi connectivity index (χ0n) is 15.2. The van der Waals surface area contributed by atoms with E-state index in [1.165, 1.54) is 0 Å². The van der Waals surface area contributed by atoms with E-state index < -0.39 is 0 Å². The van der Waals surface area contributed by atoms with Crippen LogP contribution in [0.15, 0.2) is 54.6 Å². The van der Waals surface area contributed by atoms with E-state index in [9.17, 15) is 9.59 Å². The van der Waals surface area contributed by atoms with E-state index in [-0.39, 0.29) is 17.9 Å². The second-order valence-corrected chi connectivity index (χ2v) is 6.96. The largest absolute Gasteiger partial charge is 0.352 e. The van der Waals surface area contributed by atoms with Crippen molar-refractivity contribution in [1.82, 2.24) is 15.5 Å². The second-order valence-electron chi connectivity index (χ2n) is 6.55. The van der Waals surface area contributed by atoms with Crippen LogP contribution in [-0.2, 0) is 4.79 Å². The van der Waals surface area contributed by atoms with Crippen LogP contribution in [0.25, 0.3) is 0 Å². The summed E-state index contributed by atoms with van der Waals surface area (Å²) in [6.07, 6.45) is 1.01. The lowest BCUT2D eigenvalue weighted by atomic mass is 10.0. The molecule has 1 aliphatic heterocycles. The Labute approximate surface area is 164 Å². The summed E-state index contributed by atoms with van der Waals surface area (Å²) in [5.41, 5.74) is 1.60. The molecule has 0 saturated carbocycles. The van der Waals surface area contributed by atoms with Gasteiger partial charge >= 0.3 is 0 Å². The fourth-order valence-electron chi connectivity index (χ4n) is 3.30. The number of hydrogen-bond donors (Lipinski definition) is 2. The summed E-state index contributed by atoms with van der Waals surface area (Å²) in [4.78, 5) is 26.7. The van der Waals surface area contributed by atoms with Crippen molar-refractivity contribution >= 4 is 23.4 Å². The van der Waals surface area contributed by atoms with E-state index >= 15 is 0 Å². The molecule has 5 nitrogen and oxygen atoms in total. The molecule has 0 radical (unpaired) electrons. The van der Waals surface area contributed by atoms with E-state index in [1.54, 1.807) is 12.1 Å². The van der Waals surface area contributed by atoms with Gasteiger partial charge in [-0.05, 0) is 30.2 Å². The molecule has 0 aliphatic carbocycles. The molecule has 2 amide bonds. The van der Waals surface area contributed by atoms with Gasteiger partial charge in [-0.1, -0.05) is 48.0 Å². The van der Waals surface area contributed by atoms with Gasteiger partial charge in [-0.2, -0.15) is 0 Å². The SMILES string of the molecule is O=C(NCCCC(=O)N1CCNCC1c1ccccc1Cl)c1ccccc1. The minimum Gasteiger partial charge on any atom is -0.352 e. The summed E-state index contributed by atoms with van der Waals surface area (Å²) in [6, 6.07) is 16.7. The molecule has 2 aromatic carbocycles. The molecule has 142 valence electrons. The van der Waals surface area contributed by atoms with Gasteiger partial charge in [0.15, 0.2) is 0 Å². The van der Waals surface area contributed by atoms with Gasteiger partial charge in [-0.3, -0.25) is 9.59 Å². The average Bonchev–Trinajstić information content (AvgIpc) is 2.72. The molecule has 1 unspecified atom stereocenters. The smallest absolute Gasteiger partial charge is 0.251 e. The topological polar surface area (TPSA) is 61.4 Å². The van der Waals surface area contributed by atoms with Gasteiger partial charge in [0.05, 0.1) is 6.04 Å². The lowest BCUT2D eigenvalue weighted by Gasteiger charge is -2.37. The number of hydrogen-bond acceptors (Lipinski definition) is 3. The van der Waals surface area contributed by atoms with Crippen molar-refractivity contribution in [2.75, 3.05) is 26.2 Å². The molecule has 1 fully saturated rings. The van der Waals surface area contributed by atoms with Gasteiger partial charge in [-0.25, -0.2) is 0 Å². The van der Waals surface area contributed by atoms with Crippen LogP contribution in [0.1, 0.15) is 34.8 Å². The van der Waals surface area contributed by atoms with E-state index in [1.807, 2.05) is 47.4 Å². The van der Waals surface area contributed by atoms with Crippen LogP contribution in [0, 0.1) is 0 Å². The van der Waals surface area contributed by atoms with Gasteiger partial charge in [0.1, 0.15) is 0 Å². The number of halogens is 1. The molecule has 1 heterocycles. The molecule has 2 aromatic rings. The number of piperazine rings is 1. The third-order valence-corrected chi connectivity index (χ3v) is 5.06. The first kappa shape index (κ1) is 19.4. The molecule has 1 aliphatic rings. The highest BCUT2D eigenvalue weighted by molar-refractivity contribution is 6.31. The number of carbonyl (C=O) groups excluding carboxylic acids is 2. The van der Waals surface area contributed by atoms with E-state index in [2.05, 4.69) is 10.6 Å². The third-order valence-electron chi connectivity index (χ3n) is 4.72. The van der Waals surface area contributed by atoms with Gasteiger partial charge in [-0.15, -0.1) is 0 Å². The van der Waals surface area contributed by atoms with Gasteiger partial charge < -0.3 is 15.5 Å². The van der Waals surface area contributed by atoms with Crippen LogP contribution < -0.4 is 10.6 Å². The average molecular weight is 386 g/mol. The fraction of sp³-hybridized carbons (Fsp3) is 0.333. The highest BCUT2D eigenvalue weighted by atomic mass is 35.5. The van der Waals surface area contributed by atoms with Crippen LogP contribution in [0.5, 0.6) is 0 Å². The first-order valence-electron chi connectivity index (χ1n) is 9.24. The maximum Gasteiger partial charge on any atom is 0.251 e. The van der Waals surface area contributed by atoms with Crippen LogP contribution >= 0.6 is 11.6 Å². The summed E-state index contributed by atoms with van der Waals surface area (Å²) in [5, 5.41) is 6.88. The fourth-order valence-corrected chi connectivity index (χ4v) is 3.56. The van der Waals surface area contributed by atoms with Crippen LogP contribution in [0.2, 0.25) is 5.02 Å². The zero-order valence-corrected chi connectivity index (χ0v) is 15.9.